The van der Waals surface area contributed by atoms with Crippen molar-refractivity contribution < 1.29 is 9.90 Å². The number of benzene rings is 1. The minimum absolute atomic E-state index is 0.0533. The van der Waals surface area contributed by atoms with Crippen molar-refractivity contribution in [3.8, 4) is 0 Å². The van der Waals surface area contributed by atoms with E-state index in [9.17, 15) is 9.90 Å². The highest BCUT2D eigenvalue weighted by Crippen LogP contribution is 2.55. The van der Waals surface area contributed by atoms with E-state index in [-0.39, 0.29) is 11.9 Å². The summed E-state index contributed by atoms with van der Waals surface area (Å²) in [6.45, 7) is 5.93. The van der Waals surface area contributed by atoms with Crippen LogP contribution in [0, 0.1) is 24.7 Å². The van der Waals surface area contributed by atoms with E-state index in [1.807, 2.05) is 26.0 Å². The normalized spacial score (nSPS) is 36.3. The molecule has 4 bridgehead atoms. The van der Waals surface area contributed by atoms with E-state index in [2.05, 4.69) is 29.7 Å². The molecule has 0 heterocycles. The van der Waals surface area contributed by atoms with Crippen LogP contribution in [0.3, 0.4) is 0 Å². The average Bonchev–Trinajstić information content (AvgIpc) is 2.51. The number of carbonyl (C=O) groups is 1. The summed E-state index contributed by atoms with van der Waals surface area (Å²) in [5.41, 5.74) is 1.05. The Labute approximate surface area is 150 Å². The Morgan fingerprint density at radius 3 is 2.28 bits per heavy atom. The van der Waals surface area contributed by atoms with Gasteiger partial charge in [-0.2, -0.15) is 0 Å². The molecule has 0 spiro atoms. The second-order valence-corrected chi connectivity index (χ2v) is 9.31. The van der Waals surface area contributed by atoms with Crippen LogP contribution < -0.4 is 10.6 Å². The Hall–Kier alpha value is -1.55. The van der Waals surface area contributed by atoms with E-state index in [4.69, 9.17) is 0 Å². The van der Waals surface area contributed by atoms with Gasteiger partial charge in [-0.25, -0.2) is 0 Å². The Kier molecular flexibility index (Phi) is 3.87. The van der Waals surface area contributed by atoms with Gasteiger partial charge in [0.05, 0.1) is 5.60 Å². The molecule has 4 saturated carbocycles. The van der Waals surface area contributed by atoms with Gasteiger partial charge < -0.3 is 15.7 Å². The first-order valence-corrected chi connectivity index (χ1v) is 9.62. The van der Waals surface area contributed by atoms with Gasteiger partial charge in [0.15, 0.2) is 0 Å². The summed E-state index contributed by atoms with van der Waals surface area (Å²) in [6, 6.07) is 8.36. The minimum Gasteiger partial charge on any atom is -0.390 e. The van der Waals surface area contributed by atoms with Gasteiger partial charge in [0, 0.05) is 11.7 Å². The lowest BCUT2D eigenvalue weighted by molar-refractivity contribution is -0.148. The molecule has 1 aromatic carbocycles. The summed E-state index contributed by atoms with van der Waals surface area (Å²) in [6.07, 6.45) is 5.01. The molecule has 4 nitrogen and oxygen atoms in total. The number of amides is 1. The van der Waals surface area contributed by atoms with Gasteiger partial charge in [0.1, 0.15) is 5.54 Å². The average molecular weight is 342 g/mol. The third-order valence-electron chi connectivity index (χ3n) is 6.61. The molecule has 1 unspecified atom stereocenters. The molecular formula is C21H30N2O2. The van der Waals surface area contributed by atoms with Crippen LogP contribution in [0.15, 0.2) is 24.3 Å². The van der Waals surface area contributed by atoms with Gasteiger partial charge in [-0.05, 0) is 82.8 Å². The molecule has 0 saturated heterocycles. The van der Waals surface area contributed by atoms with Crippen molar-refractivity contribution in [3.63, 3.8) is 0 Å². The lowest BCUT2D eigenvalue weighted by Gasteiger charge is -2.58. The van der Waals surface area contributed by atoms with Crippen molar-refractivity contribution in [2.45, 2.75) is 70.1 Å². The van der Waals surface area contributed by atoms with Crippen LogP contribution in [0.1, 0.15) is 51.5 Å². The smallest absolute Gasteiger partial charge is 0.245 e. The minimum atomic E-state index is -0.666. The Bertz CT molecular complexity index is 651. The largest absolute Gasteiger partial charge is 0.390 e. The summed E-state index contributed by atoms with van der Waals surface area (Å²) >= 11 is 0. The second-order valence-electron chi connectivity index (χ2n) is 9.31. The first-order valence-electron chi connectivity index (χ1n) is 9.62. The number of aliphatic hydroxyl groups is 1. The fourth-order valence-corrected chi connectivity index (χ4v) is 5.60. The summed E-state index contributed by atoms with van der Waals surface area (Å²) in [4.78, 5) is 13.0. The van der Waals surface area contributed by atoms with Crippen LogP contribution in [0.2, 0.25) is 0 Å². The highest BCUT2D eigenvalue weighted by atomic mass is 16.3. The van der Waals surface area contributed by atoms with E-state index in [1.54, 1.807) is 0 Å². The van der Waals surface area contributed by atoms with Crippen molar-refractivity contribution in [3.05, 3.63) is 29.8 Å². The zero-order chi connectivity index (χ0) is 17.8. The predicted molar refractivity (Wildman–Crippen MR) is 99.3 cm³/mol. The molecule has 136 valence electrons. The maximum Gasteiger partial charge on any atom is 0.245 e. The molecular weight excluding hydrogens is 312 g/mol. The van der Waals surface area contributed by atoms with Gasteiger partial charge in [-0.1, -0.05) is 17.7 Å². The molecule has 0 radical (unpaired) electrons. The molecule has 4 aliphatic carbocycles. The molecule has 3 N–H and O–H groups in total. The van der Waals surface area contributed by atoms with Crippen molar-refractivity contribution in [2.24, 2.45) is 17.8 Å². The molecule has 1 aromatic rings. The van der Waals surface area contributed by atoms with Crippen LogP contribution in [0.4, 0.5) is 5.69 Å². The van der Waals surface area contributed by atoms with E-state index in [0.717, 1.165) is 37.8 Å². The monoisotopic (exact) mass is 342 g/mol. The maximum absolute atomic E-state index is 13.0. The number of anilines is 1. The highest BCUT2D eigenvalue weighted by Gasteiger charge is 2.55. The third-order valence-corrected chi connectivity index (χ3v) is 6.61. The number of rotatable bonds is 4. The number of carbonyl (C=O) groups excluding carboxylic acids is 1. The van der Waals surface area contributed by atoms with Crippen LogP contribution in [0.25, 0.3) is 0 Å². The van der Waals surface area contributed by atoms with Gasteiger partial charge in [0.2, 0.25) is 5.91 Å². The van der Waals surface area contributed by atoms with E-state index < -0.39 is 11.1 Å². The van der Waals surface area contributed by atoms with Gasteiger partial charge in [-0.3, -0.25) is 4.79 Å². The molecule has 5 rings (SSSR count). The molecule has 25 heavy (non-hydrogen) atoms. The predicted octanol–water partition coefficient (Wildman–Crippen LogP) is 3.24. The number of nitrogens with one attached hydrogen (secondary N) is 2. The van der Waals surface area contributed by atoms with E-state index >= 15 is 0 Å². The SMILES string of the molecule is Cc1ccc(NC(C)(C)C(=O)N[C@H]2[C@@H]3CC4C[C@H]2C[C@](O)(C4)C3)cc1. The van der Waals surface area contributed by atoms with Gasteiger partial charge >= 0.3 is 0 Å². The second kappa shape index (κ2) is 5.73. The summed E-state index contributed by atoms with van der Waals surface area (Å²) in [5.74, 6) is 1.60. The first-order chi connectivity index (χ1) is 11.7. The molecule has 1 amide bonds. The van der Waals surface area contributed by atoms with Crippen LogP contribution in [-0.4, -0.2) is 28.2 Å². The first kappa shape index (κ1) is 16.9. The van der Waals surface area contributed by atoms with Gasteiger partial charge in [0.25, 0.3) is 0 Å². The lowest BCUT2D eigenvalue weighted by atomic mass is 9.52. The summed E-state index contributed by atoms with van der Waals surface area (Å²) in [5, 5.41) is 17.4. The Morgan fingerprint density at radius 2 is 1.72 bits per heavy atom. The fourth-order valence-electron chi connectivity index (χ4n) is 5.60. The summed E-state index contributed by atoms with van der Waals surface area (Å²) in [7, 11) is 0. The van der Waals surface area contributed by atoms with Gasteiger partial charge in [-0.15, -0.1) is 0 Å². The number of hydrogen-bond acceptors (Lipinski definition) is 3. The quantitative estimate of drug-likeness (QED) is 0.787. The number of aryl methyl sites for hydroxylation is 1. The molecule has 5 atom stereocenters. The molecule has 0 aliphatic heterocycles. The van der Waals surface area contributed by atoms with E-state index in [1.165, 1.54) is 5.56 Å². The summed E-state index contributed by atoms with van der Waals surface area (Å²) < 4.78 is 0. The van der Waals surface area contributed by atoms with Crippen LogP contribution in [0.5, 0.6) is 0 Å². The molecule has 0 aromatic heterocycles. The zero-order valence-electron chi connectivity index (χ0n) is 15.5. The highest BCUT2D eigenvalue weighted by molar-refractivity contribution is 5.88. The lowest BCUT2D eigenvalue weighted by Crippen LogP contribution is -2.63. The third kappa shape index (κ3) is 3.17. The van der Waals surface area contributed by atoms with Crippen molar-refractivity contribution in [1.82, 2.24) is 5.32 Å². The molecule has 4 aliphatic rings. The topological polar surface area (TPSA) is 61.4 Å². The van der Waals surface area contributed by atoms with Crippen molar-refractivity contribution in [1.29, 1.82) is 0 Å². The Balaban J connectivity index is 1.43. The molecule has 4 fully saturated rings. The zero-order valence-corrected chi connectivity index (χ0v) is 15.5. The van der Waals surface area contributed by atoms with Crippen LogP contribution in [-0.2, 0) is 4.79 Å². The van der Waals surface area contributed by atoms with Crippen molar-refractivity contribution in [2.75, 3.05) is 5.32 Å². The van der Waals surface area contributed by atoms with E-state index in [0.29, 0.717) is 17.8 Å². The van der Waals surface area contributed by atoms with Crippen LogP contribution >= 0.6 is 0 Å². The molecule has 4 heteroatoms. The van der Waals surface area contributed by atoms with Crippen molar-refractivity contribution >= 4 is 11.6 Å². The maximum atomic E-state index is 13.0. The number of hydrogen-bond donors (Lipinski definition) is 3. The fraction of sp³-hybridized carbons (Fsp3) is 0.667. The standard InChI is InChI=1S/C21H30N2O2/c1-13-4-6-17(7-5-13)23-20(2,3)19(24)22-18-15-8-14-9-16(18)12-21(25,10-14)11-15/h4-7,14-16,18,23,25H,8-12H2,1-3H3,(H,22,24)/t14?,15-,16+,18+,21+. The Morgan fingerprint density at radius 1 is 1.12 bits per heavy atom.